The topological polar surface area (TPSA) is 240 Å². The zero-order chi connectivity index (χ0) is 97.8. The maximum Gasteiger partial charge on any atom is 0.424 e. The van der Waals surface area contributed by atoms with Crippen LogP contribution in [0.2, 0.25) is 15.1 Å². The van der Waals surface area contributed by atoms with Crippen molar-refractivity contribution < 1.29 is 86.1 Å². The molecule has 0 fully saturated rings. The molecule has 0 saturated carbocycles. The van der Waals surface area contributed by atoms with Gasteiger partial charge >= 0.3 is 12.2 Å². The molecule has 0 aliphatic heterocycles. The van der Waals surface area contributed by atoms with Gasteiger partial charge in [-0.1, -0.05) is 190 Å². The molecular weight excluding hydrogens is 1960 g/mol. The number of sulfone groups is 1. The molecule has 6 aliphatic carbocycles. The molecule has 9 aromatic rings. The number of amides is 2. The highest BCUT2D eigenvalue weighted by Gasteiger charge is 2.45. The van der Waals surface area contributed by atoms with Gasteiger partial charge in [0.25, 0.3) is 20.0 Å². The highest BCUT2D eigenvalue weighted by Crippen LogP contribution is 2.44. The standard InChI is InChI=1S/C37H41ClFNO6S.C33H34ClFO4S.C22H25ClINO4S.C15H17FO2/c1-23(2)22-45-33-21-27(35(41)34(33)24-9-13-29(39)14-10-24)19-25-7-6-8-26-20-30(15-18-32(25)26)40(36(42)46-37(3,4)5)47(43,44)31-16-11-28(38)12-17-31;1-21(2)19-39-31-18-26(33(36)32(31)23-7-11-28(35)12-8-23)17-25-5-3-4-24-16-22(6-15-30(24)25)20-40(37,38)29-13-9-27(34)10-14-29;1-22(2,3)29-21(26)25(30(27,28)19-10-7-17(23)8-11-19)18-9-12-20-15(13-18)5-4-6-16(20)14-24;1-10(2)9-18-14-8-7-13(17)15(14)11-3-5-12(16)6-4-11/h6-14,16-17,23,27,30H,15,18-22H2,1-5H3;3-5,7-14,21-22,26H,6,15-20H2,1-2H3;4-8,10-11,18H,9,12-14H2,1-3H3;3-6,10H,7-9H2,1-2H3. The average Bonchev–Trinajstić information content (AvgIpc) is 0.942. The van der Waals surface area contributed by atoms with Gasteiger partial charge in [-0.15, -0.1) is 0 Å². The second-order valence-corrected chi connectivity index (χ2v) is 46.0. The van der Waals surface area contributed by atoms with E-state index in [1.54, 1.807) is 102 Å². The first-order valence-electron chi connectivity index (χ1n) is 45.7. The van der Waals surface area contributed by atoms with Crippen molar-refractivity contribution in [2.75, 3.05) is 25.6 Å². The van der Waals surface area contributed by atoms with E-state index in [0.717, 1.165) is 70.6 Å². The Morgan fingerprint density at radius 1 is 0.407 bits per heavy atom. The van der Waals surface area contributed by atoms with Crippen LogP contribution in [0, 0.1) is 53.0 Å². The molecule has 0 aromatic heterocycles. The molecule has 0 radical (unpaired) electrons. The number of carbonyl (C=O) groups excluding carboxylic acids is 5. The molecular formula is C107H117Cl3F3IN2O16S3. The zero-order valence-corrected chi connectivity index (χ0v) is 85.0. The number of fused-ring (bicyclic) bond motifs is 3. The van der Waals surface area contributed by atoms with Crippen molar-refractivity contribution in [1.29, 1.82) is 0 Å². The summed E-state index contributed by atoms with van der Waals surface area (Å²) in [6.45, 7) is 24.2. The summed E-state index contributed by atoms with van der Waals surface area (Å²) in [5.41, 5.74) is 12.2. The number of alkyl halides is 1. The summed E-state index contributed by atoms with van der Waals surface area (Å²) >= 11 is 20.2. The smallest absolute Gasteiger partial charge is 0.424 e. The van der Waals surface area contributed by atoms with Gasteiger partial charge in [-0.2, -0.15) is 8.61 Å². The summed E-state index contributed by atoms with van der Waals surface area (Å²) in [7, 11) is -11.8. The summed E-state index contributed by atoms with van der Waals surface area (Å²) in [6, 6.07) is 52.8. The van der Waals surface area contributed by atoms with Gasteiger partial charge in [0.1, 0.15) is 45.9 Å². The predicted octanol–water partition coefficient (Wildman–Crippen LogP) is 24.8. The Morgan fingerprint density at radius 3 is 1.10 bits per heavy atom. The maximum absolute atomic E-state index is 13.9. The number of carbonyl (C=O) groups is 5. The van der Waals surface area contributed by atoms with Crippen molar-refractivity contribution in [3.05, 3.63) is 317 Å². The Balaban J connectivity index is 0.000000170. The first-order valence-corrected chi connectivity index (χ1v) is 52.9. The number of ketones is 3. The van der Waals surface area contributed by atoms with E-state index < -0.39 is 65.4 Å². The van der Waals surface area contributed by atoms with Crippen molar-refractivity contribution in [3.8, 4) is 0 Å². The molecule has 6 aliphatic rings. The second kappa shape index (κ2) is 45.3. The third-order valence-corrected chi connectivity index (χ3v) is 31.2. The number of Topliss-reactive ketones (excluding diaryl/α,β-unsaturated/α-hetero) is 3. The van der Waals surface area contributed by atoms with E-state index in [2.05, 4.69) is 68.5 Å². The van der Waals surface area contributed by atoms with Crippen molar-refractivity contribution in [1.82, 2.24) is 8.61 Å². The Bertz CT molecular complexity index is 6260. The summed E-state index contributed by atoms with van der Waals surface area (Å²) in [6.07, 6.45) is 6.56. The number of ether oxygens (including phenoxy) is 5. The van der Waals surface area contributed by atoms with Gasteiger partial charge in [0, 0.05) is 57.0 Å². The molecule has 5 unspecified atom stereocenters. The first kappa shape index (κ1) is 104. The number of allylic oxidation sites excluding steroid dienone is 6. The first-order chi connectivity index (χ1) is 63.8. The van der Waals surface area contributed by atoms with Crippen LogP contribution in [0.3, 0.4) is 0 Å². The van der Waals surface area contributed by atoms with E-state index >= 15 is 0 Å². The molecule has 0 heterocycles. The quantitative estimate of drug-likeness (QED) is 0.0361. The second-order valence-electron chi connectivity index (χ2n) is 38.3. The molecule has 2 amide bonds. The predicted molar refractivity (Wildman–Crippen MR) is 531 cm³/mol. The maximum atomic E-state index is 13.9. The summed E-state index contributed by atoms with van der Waals surface area (Å²) in [5.74, 6) is 1.65. The van der Waals surface area contributed by atoms with Crippen LogP contribution in [0.25, 0.3) is 16.7 Å². The lowest BCUT2D eigenvalue weighted by molar-refractivity contribution is -0.117. The zero-order valence-electron chi connectivity index (χ0n) is 78.1. The Hall–Kier alpha value is -9.61. The minimum atomic E-state index is -4.27. The van der Waals surface area contributed by atoms with Gasteiger partial charge in [-0.25, -0.2) is 48.0 Å². The average molecular weight is 2070 g/mol. The fraction of sp³-hybridized carbons (Fsp3) is 0.393. The number of benzene rings is 9. The highest BCUT2D eigenvalue weighted by atomic mass is 127. The van der Waals surface area contributed by atoms with Crippen molar-refractivity contribution in [2.24, 2.45) is 35.5 Å². The Kier molecular flexibility index (Phi) is 35.0. The molecule has 15 rings (SSSR count). The van der Waals surface area contributed by atoms with E-state index in [0.29, 0.717) is 174 Å². The van der Waals surface area contributed by atoms with E-state index in [1.807, 2.05) is 50.2 Å². The minimum absolute atomic E-state index is 0.0181. The van der Waals surface area contributed by atoms with E-state index in [-0.39, 0.29) is 74.0 Å². The van der Waals surface area contributed by atoms with Crippen LogP contribution in [-0.4, -0.2) is 112 Å². The third kappa shape index (κ3) is 27.1. The van der Waals surface area contributed by atoms with E-state index in [1.165, 1.54) is 102 Å². The number of nitrogens with zero attached hydrogens (tertiary/aromatic N) is 2. The molecule has 5 atom stereocenters. The minimum Gasteiger partial charge on any atom is -0.497 e. The van der Waals surface area contributed by atoms with Gasteiger partial charge in [-0.05, 0) is 312 Å². The third-order valence-electron chi connectivity index (χ3n) is 24.0. The van der Waals surface area contributed by atoms with Crippen LogP contribution in [0.5, 0.6) is 0 Å². The van der Waals surface area contributed by atoms with Crippen LogP contribution in [0.1, 0.15) is 195 Å². The van der Waals surface area contributed by atoms with Crippen LogP contribution in [0.15, 0.2) is 232 Å². The molecule has 0 saturated heterocycles. The number of halogens is 7. The molecule has 0 bridgehead atoms. The van der Waals surface area contributed by atoms with Crippen LogP contribution < -0.4 is 0 Å². The van der Waals surface area contributed by atoms with E-state index in [4.69, 9.17) is 58.5 Å². The van der Waals surface area contributed by atoms with Gasteiger partial charge in [0.15, 0.2) is 27.2 Å². The van der Waals surface area contributed by atoms with Gasteiger partial charge < -0.3 is 23.7 Å². The fourth-order valence-corrected chi connectivity index (χ4v) is 23.5. The molecule has 28 heteroatoms. The van der Waals surface area contributed by atoms with Crippen LogP contribution in [0.4, 0.5) is 22.8 Å². The van der Waals surface area contributed by atoms with Crippen LogP contribution in [-0.2, 0) is 124 Å². The molecule has 135 heavy (non-hydrogen) atoms. The highest BCUT2D eigenvalue weighted by molar-refractivity contribution is 14.1. The van der Waals surface area contributed by atoms with Gasteiger partial charge in [-0.3, -0.25) is 14.4 Å². The van der Waals surface area contributed by atoms with Crippen LogP contribution >= 0.6 is 57.4 Å². The lowest BCUT2D eigenvalue weighted by Crippen LogP contribution is -2.49. The number of hydrogen-bond donors (Lipinski definition) is 0. The van der Waals surface area contributed by atoms with Gasteiger partial charge in [0.05, 0.1) is 69.1 Å². The molecule has 0 N–H and O–H groups in total. The summed E-state index contributed by atoms with van der Waals surface area (Å²) in [5, 5.41) is 1.32. The normalized spacial score (nSPS) is 17.9. The SMILES string of the molecule is CC(C)(C)OC(=O)N(C1CCc2c(CI)cccc2C1)S(=O)(=O)c1ccc(Cl)cc1.CC(C)COC1=C(c2ccc(F)cc2)C(=O)C(Cc2cccc3c2CCC(CS(=O)(=O)c2ccc(Cl)cc2)C3)C1.CC(C)COC1=C(c2ccc(F)cc2)C(=O)C(Cc2cccc3c2CCC(N(C(=O)OC(C)(C)C)S(=O)(=O)c2ccc(Cl)cc2)C3)C1.CC(C)COC1=C(c2ccc(F)cc2)C(=O)CC1. The van der Waals surface area contributed by atoms with E-state index in [9.17, 15) is 62.4 Å². The number of hydrogen-bond acceptors (Lipinski definition) is 16. The van der Waals surface area contributed by atoms with Gasteiger partial charge in [0.2, 0.25) is 0 Å². The molecule has 18 nitrogen and oxygen atoms in total. The molecule has 9 aromatic carbocycles. The largest absolute Gasteiger partial charge is 0.497 e. The lowest BCUT2D eigenvalue weighted by atomic mass is 9.80. The summed E-state index contributed by atoms with van der Waals surface area (Å²) in [4.78, 5) is 66.3. The fourth-order valence-electron chi connectivity index (χ4n) is 17.7. The summed E-state index contributed by atoms with van der Waals surface area (Å²) < 4.78 is 153. The monoisotopic (exact) mass is 2070 g/mol. The molecule has 0 spiro atoms. The number of rotatable bonds is 26. The molecule has 718 valence electrons. The van der Waals surface area contributed by atoms with Crippen molar-refractivity contribution in [2.45, 2.75) is 222 Å². The lowest BCUT2D eigenvalue weighted by Gasteiger charge is -2.36. The van der Waals surface area contributed by atoms with Crippen molar-refractivity contribution >= 4 is 134 Å². The number of sulfonamides is 2. The van der Waals surface area contributed by atoms with Crippen molar-refractivity contribution in [3.63, 3.8) is 0 Å². The Morgan fingerprint density at radius 2 is 0.741 bits per heavy atom. The Labute approximate surface area is 821 Å².